The largest absolute Gasteiger partial charge is 0.493 e. The van der Waals surface area contributed by atoms with Crippen LogP contribution >= 0.6 is 0 Å². The van der Waals surface area contributed by atoms with Crippen molar-refractivity contribution >= 4 is 5.96 Å². The average Bonchev–Trinajstić information content (AvgIpc) is 2.74. The number of rotatable bonds is 10. The van der Waals surface area contributed by atoms with Crippen LogP contribution in [-0.4, -0.2) is 65.4 Å². The molecule has 7 heteroatoms. The topological polar surface area (TPSA) is 67.4 Å². The molecule has 170 valence electrons. The fourth-order valence-electron chi connectivity index (χ4n) is 4.29. The highest BCUT2D eigenvalue weighted by atomic mass is 16.5. The van der Waals surface area contributed by atoms with Gasteiger partial charge in [-0.1, -0.05) is 13.8 Å². The van der Waals surface area contributed by atoms with Gasteiger partial charge in [0.2, 0.25) is 5.75 Å². The number of ether oxygens (including phenoxy) is 3. The first-order valence-electron chi connectivity index (χ1n) is 11.0. The molecule has 2 atom stereocenters. The second-order valence-corrected chi connectivity index (χ2v) is 8.30. The van der Waals surface area contributed by atoms with Crippen molar-refractivity contribution in [3.8, 4) is 17.2 Å². The predicted octanol–water partition coefficient (Wildman–Crippen LogP) is 3.14. The number of nitrogens with one attached hydrogen (secondary N) is 2. The second kappa shape index (κ2) is 12.5. The van der Waals surface area contributed by atoms with E-state index in [1.165, 1.54) is 32.5 Å². The molecule has 0 bridgehead atoms. The molecule has 0 aliphatic carbocycles. The number of aliphatic imine (C=N–C) groups is 1. The number of nitrogens with zero attached hydrogens (tertiary/aromatic N) is 2. The molecule has 2 rings (SSSR count). The molecule has 30 heavy (non-hydrogen) atoms. The van der Waals surface area contributed by atoms with Crippen molar-refractivity contribution in [1.82, 2.24) is 15.5 Å². The lowest BCUT2D eigenvalue weighted by Crippen LogP contribution is -2.40. The van der Waals surface area contributed by atoms with E-state index in [1.54, 1.807) is 28.4 Å². The van der Waals surface area contributed by atoms with Gasteiger partial charge in [-0.3, -0.25) is 4.99 Å². The third-order valence-electron chi connectivity index (χ3n) is 5.55. The minimum Gasteiger partial charge on any atom is -0.493 e. The molecule has 0 saturated carbocycles. The summed E-state index contributed by atoms with van der Waals surface area (Å²) in [6.07, 6.45) is 3.70. The quantitative estimate of drug-likeness (QED) is 0.344. The number of piperidine rings is 1. The van der Waals surface area contributed by atoms with Crippen LogP contribution in [-0.2, 0) is 6.54 Å². The summed E-state index contributed by atoms with van der Waals surface area (Å²) < 4.78 is 16.2. The molecule has 1 aromatic carbocycles. The van der Waals surface area contributed by atoms with Crippen molar-refractivity contribution in [2.75, 3.05) is 54.6 Å². The molecule has 1 aliphatic heterocycles. The number of likely N-dealkylation sites (tertiary alicyclic amines) is 1. The van der Waals surface area contributed by atoms with E-state index >= 15 is 0 Å². The SMILES string of the molecule is CN=C(NCCCCN1CC(C)CC(C)C1)NCc1cc(OC)c(OC)c(OC)c1. The molecule has 2 N–H and O–H groups in total. The summed E-state index contributed by atoms with van der Waals surface area (Å²) in [5, 5.41) is 6.76. The average molecular weight is 421 g/mol. The molecule has 0 spiro atoms. The Bertz CT molecular complexity index is 645. The van der Waals surface area contributed by atoms with Crippen LogP contribution in [0.3, 0.4) is 0 Å². The maximum Gasteiger partial charge on any atom is 0.203 e. The Balaban J connectivity index is 1.75. The van der Waals surface area contributed by atoms with E-state index in [9.17, 15) is 0 Å². The van der Waals surface area contributed by atoms with E-state index in [2.05, 4.69) is 34.4 Å². The van der Waals surface area contributed by atoms with Gasteiger partial charge in [0.05, 0.1) is 21.3 Å². The van der Waals surface area contributed by atoms with Gasteiger partial charge in [0.1, 0.15) is 0 Å². The molecule has 7 nitrogen and oxygen atoms in total. The molecule has 1 saturated heterocycles. The van der Waals surface area contributed by atoms with Crippen LogP contribution in [0.25, 0.3) is 0 Å². The van der Waals surface area contributed by atoms with Crippen LogP contribution in [0.4, 0.5) is 0 Å². The minimum absolute atomic E-state index is 0.601. The minimum atomic E-state index is 0.601. The molecular weight excluding hydrogens is 380 g/mol. The number of hydrogen-bond donors (Lipinski definition) is 2. The van der Waals surface area contributed by atoms with Crippen molar-refractivity contribution in [2.45, 2.75) is 39.7 Å². The molecule has 0 radical (unpaired) electrons. The Morgan fingerprint density at radius 1 is 1.00 bits per heavy atom. The Morgan fingerprint density at radius 3 is 2.17 bits per heavy atom. The van der Waals surface area contributed by atoms with Crippen LogP contribution in [0.5, 0.6) is 17.2 Å². The summed E-state index contributed by atoms with van der Waals surface area (Å²) in [6, 6.07) is 3.89. The van der Waals surface area contributed by atoms with Crippen molar-refractivity contribution in [3.05, 3.63) is 17.7 Å². The molecule has 1 aliphatic rings. The lowest BCUT2D eigenvalue weighted by molar-refractivity contribution is 0.139. The first-order valence-corrected chi connectivity index (χ1v) is 11.0. The highest BCUT2D eigenvalue weighted by Crippen LogP contribution is 2.38. The number of hydrogen-bond acceptors (Lipinski definition) is 5. The Labute approximate surface area is 182 Å². The summed E-state index contributed by atoms with van der Waals surface area (Å²) in [6.45, 7) is 9.94. The predicted molar refractivity (Wildman–Crippen MR) is 123 cm³/mol. The fraction of sp³-hybridized carbons (Fsp3) is 0.696. The molecule has 1 heterocycles. The highest BCUT2D eigenvalue weighted by Gasteiger charge is 2.21. The summed E-state index contributed by atoms with van der Waals surface area (Å²) in [4.78, 5) is 6.95. The molecule has 1 fully saturated rings. The normalized spacial score (nSPS) is 20.0. The third-order valence-corrected chi connectivity index (χ3v) is 5.55. The van der Waals surface area contributed by atoms with Crippen molar-refractivity contribution < 1.29 is 14.2 Å². The van der Waals surface area contributed by atoms with Gasteiger partial charge < -0.3 is 29.7 Å². The highest BCUT2D eigenvalue weighted by molar-refractivity contribution is 5.79. The van der Waals surface area contributed by atoms with Crippen molar-refractivity contribution in [3.63, 3.8) is 0 Å². The van der Waals surface area contributed by atoms with Crippen molar-refractivity contribution in [2.24, 2.45) is 16.8 Å². The smallest absolute Gasteiger partial charge is 0.203 e. The van der Waals surface area contributed by atoms with E-state index in [0.29, 0.717) is 23.8 Å². The Morgan fingerprint density at radius 2 is 1.63 bits per heavy atom. The van der Waals surface area contributed by atoms with Crippen LogP contribution < -0.4 is 24.8 Å². The zero-order chi connectivity index (χ0) is 21.9. The number of unbranched alkanes of at least 4 members (excludes halogenated alkanes) is 1. The van der Waals surface area contributed by atoms with E-state index in [4.69, 9.17) is 14.2 Å². The number of benzene rings is 1. The van der Waals surface area contributed by atoms with Crippen LogP contribution in [0, 0.1) is 11.8 Å². The zero-order valence-corrected chi connectivity index (χ0v) is 19.6. The summed E-state index contributed by atoms with van der Waals surface area (Å²) in [5.74, 6) is 4.35. The van der Waals surface area contributed by atoms with Gasteiger partial charge in [0.15, 0.2) is 17.5 Å². The Hall–Kier alpha value is -2.15. The third kappa shape index (κ3) is 7.27. The maximum atomic E-state index is 5.42. The lowest BCUT2D eigenvalue weighted by Gasteiger charge is -2.34. The van der Waals surface area contributed by atoms with Crippen LogP contribution in [0.1, 0.15) is 38.7 Å². The zero-order valence-electron chi connectivity index (χ0n) is 19.6. The summed E-state index contributed by atoms with van der Waals surface area (Å²) in [5.41, 5.74) is 1.03. The van der Waals surface area contributed by atoms with Gasteiger partial charge in [-0.2, -0.15) is 0 Å². The maximum absolute atomic E-state index is 5.42. The van der Waals surface area contributed by atoms with E-state index in [-0.39, 0.29) is 0 Å². The summed E-state index contributed by atoms with van der Waals surface area (Å²) >= 11 is 0. The molecule has 0 amide bonds. The van der Waals surface area contributed by atoms with E-state index in [0.717, 1.165) is 36.3 Å². The van der Waals surface area contributed by atoms with Gasteiger partial charge in [0.25, 0.3) is 0 Å². The molecule has 0 aromatic heterocycles. The van der Waals surface area contributed by atoms with Crippen molar-refractivity contribution in [1.29, 1.82) is 0 Å². The second-order valence-electron chi connectivity index (χ2n) is 8.30. The van der Waals surface area contributed by atoms with Crippen LogP contribution in [0.2, 0.25) is 0 Å². The molecule has 1 aromatic rings. The lowest BCUT2D eigenvalue weighted by atomic mass is 9.92. The number of methoxy groups -OCH3 is 3. The van der Waals surface area contributed by atoms with Crippen LogP contribution in [0.15, 0.2) is 17.1 Å². The van der Waals surface area contributed by atoms with Gasteiger partial charge >= 0.3 is 0 Å². The van der Waals surface area contributed by atoms with Gasteiger partial charge in [-0.05, 0) is 55.3 Å². The molecule has 2 unspecified atom stereocenters. The first-order chi connectivity index (χ1) is 14.5. The monoisotopic (exact) mass is 420 g/mol. The van der Waals surface area contributed by atoms with Gasteiger partial charge in [0, 0.05) is 33.2 Å². The molecular formula is C23H40N4O3. The summed E-state index contributed by atoms with van der Waals surface area (Å²) in [7, 11) is 6.65. The fourth-order valence-corrected chi connectivity index (χ4v) is 4.29. The van der Waals surface area contributed by atoms with E-state index < -0.39 is 0 Å². The van der Waals surface area contributed by atoms with Gasteiger partial charge in [-0.15, -0.1) is 0 Å². The van der Waals surface area contributed by atoms with Gasteiger partial charge in [-0.25, -0.2) is 0 Å². The standard InChI is InChI=1S/C23H40N4O3/c1-17-11-18(2)16-27(15-17)10-8-7-9-25-23(24-3)26-14-19-12-20(28-4)22(30-6)21(13-19)29-5/h12-13,17-18H,7-11,14-16H2,1-6H3,(H2,24,25,26). The van der Waals surface area contributed by atoms with E-state index in [1.807, 2.05) is 12.1 Å². The first kappa shape index (κ1) is 24.1. The number of guanidine groups is 1. The Kier molecular flexibility index (Phi) is 10.1.